The van der Waals surface area contributed by atoms with Crippen LogP contribution in [0.5, 0.6) is 0 Å². The highest BCUT2D eigenvalue weighted by Crippen LogP contribution is 2.37. The first-order valence-electron chi connectivity index (χ1n) is 8.74. The number of nitrogens with one attached hydrogen (secondary N) is 1. The number of rotatable bonds is 0. The molecule has 0 bridgehead atoms. The second-order valence-electron chi connectivity index (χ2n) is 6.75. The third-order valence-corrected chi connectivity index (χ3v) is 5.52. The molecule has 0 atom stereocenters. The van der Waals surface area contributed by atoms with E-state index in [-0.39, 0.29) is 5.43 Å². The number of carbonyl (C=O) groups is 1. The van der Waals surface area contributed by atoms with E-state index in [0.717, 1.165) is 34.4 Å². The van der Waals surface area contributed by atoms with Crippen LogP contribution in [0.4, 0.5) is 4.79 Å². The molecule has 0 saturated carbocycles. The first-order valence-corrected chi connectivity index (χ1v) is 9.12. The number of pyridine rings is 1. The molecule has 134 valence electrons. The van der Waals surface area contributed by atoms with Crippen molar-refractivity contribution in [3.05, 3.63) is 73.7 Å². The van der Waals surface area contributed by atoms with E-state index in [4.69, 9.17) is 11.6 Å². The lowest BCUT2D eigenvalue weighted by atomic mass is 9.88. The Labute approximate surface area is 155 Å². The van der Waals surface area contributed by atoms with E-state index in [1.165, 1.54) is 10.5 Å². The summed E-state index contributed by atoms with van der Waals surface area (Å²) >= 11 is 6.20. The van der Waals surface area contributed by atoms with Gasteiger partial charge >= 0.3 is 6.09 Å². The van der Waals surface area contributed by atoms with Gasteiger partial charge in [-0.05, 0) is 48.9 Å². The number of benzene rings is 1. The summed E-state index contributed by atoms with van der Waals surface area (Å²) in [4.78, 5) is 28.4. The molecule has 2 aromatic rings. The monoisotopic (exact) mass is 370 g/mol. The molecule has 1 aromatic carbocycles. The van der Waals surface area contributed by atoms with E-state index >= 15 is 0 Å². The summed E-state index contributed by atoms with van der Waals surface area (Å²) in [5.41, 5.74) is 6.17. The zero-order valence-electron chi connectivity index (χ0n) is 14.2. The fourth-order valence-corrected chi connectivity index (χ4v) is 4.17. The first-order chi connectivity index (χ1) is 12.5. The van der Waals surface area contributed by atoms with E-state index in [2.05, 4.69) is 4.98 Å². The largest absolute Gasteiger partial charge is 0.465 e. The van der Waals surface area contributed by atoms with Gasteiger partial charge in [-0.2, -0.15) is 0 Å². The van der Waals surface area contributed by atoms with Crippen LogP contribution in [0.3, 0.4) is 0 Å². The van der Waals surface area contributed by atoms with Crippen molar-refractivity contribution in [3.8, 4) is 0 Å². The predicted octanol–water partition coefficient (Wildman–Crippen LogP) is 3.70. The van der Waals surface area contributed by atoms with Crippen molar-refractivity contribution in [2.75, 3.05) is 13.1 Å². The van der Waals surface area contributed by atoms with E-state index in [0.29, 0.717) is 37.4 Å². The number of likely N-dealkylation sites (tertiary alicyclic amines) is 1. The van der Waals surface area contributed by atoms with Crippen LogP contribution in [0.1, 0.15) is 35.2 Å². The summed E-state index contributed by atoms with van der Waals surface area (Å²) in [6, 6.07) is 7.43. The van der Waals surface area contributed by atoms with Crippen molar-refractivity contribution in [3.63, 3.8) is 0 Å². The Morgan fingerprint density at radius 3 is 2.62 bits per heavy atom. The van der Waals surface area contributed by atoms with Gasteiger partial charge in [-0.25, -0.2) is 4.79 Å². The molecule has 0 spiro atoms. The summed E-state index contributed by atoms with van der Waals surface area (Å²) < 4.78 is 0. The summed E-state index contributed by atoms with van der Waals surface area (Å²) in [7, 11) is 0. The lowest BCUT2D eigenvalue weighted by Gasteiger charge is -2.28. The Morgan fingerprint density at radius 1 is 1.12 bits per heavy atom. The standard InChI is InChI=1S/C20H19ClN2O3/c21-14-2-4-15-13(11-14)1-3-16-17(24)5-8-22-19(16)18(15)12-6-9-23(10-7-12)20(25)26/h2,4-5,8,11H,1,3,6-7,9-10H2,(H,22,24)(H,25,26). The van der Waals surface area contributed by atoms with Crippen LogP contribution >= 0.6 is 11.6 Å². The molecule has 0 unspecified atom stereocenters. The minimum absolute atomic E-state index is 0.0405. The van der Waals surface area contributed by atoms with Gasteiger partial charge in [-0.3, -0.25) is 4.79 Å². The Hall–Kier alpha value is -2.53. The number of fused-ring (bicyclic) bond motifs is 2. The lowest BCUT2D eigenvalue weighted by molar-refractivity contribution is 0.142. The normalized spacial score (nSPS) is 16.7. The Kier molecular flexibility index (Phi) is 4.32. The van der Waals surface area contributed by atoms with Gasteiger partial charge in [0.15, 0.2) is 5.43 Å². The number of nitrogens with zero attached hydrogens (tertiary/aromatic N) is 1. The minimum atomic E-state index is -0.879. The molecule has 2 heterocycles. The summed E-state index contributed by atoms with van der Waals surface area (Å²) in [5.74, 6) is 0. The zero-order chi connectivity index (χ0) is 18.3. The average Bonchev–Trinajstić information content (AvgIpc) is 2.79. The number of piperidine rings is 1. The van der Waals surface area contributed by atoms with Gasteiger partial charge in [-0.1, -0.05) is 23.2 Å². The van der Waals surface area contributed by atoms with Gasteiger partial charge in [0.1, 0.15) is 0 Å². The number of aryl methyl sites for hydroxylation is 1. The minimum Gasteiger partial charge on any atom is -0.465 e. The topological polar surface area (TPSA) is 73.4 Å². The van der Waals surface area contributed by atoms with Gasteiger partial charge in [-0.15, -0.1) is 0 Å². The van der Waals surface area contributed by atoms with Gasteiger partial charge in [0.2, 0.25) is 0 Å². The summed E-state index contributed by atoms with van der Waals surface area (Å²) in [5, 5.41) is 9.90. The van der Waals surface area contributed by atoms with Gasteiger partial charge in [0.25, 0.3) is 0 Å². The fraction of sp³-hybridized carbons (Fsp3) is 0.300. The molecule has 0 radical (unpaired) electrons. The number of aromatic nitrogens is 1. The number of carboxylic acid groups (broad SMARTS) is 1. The second kappa shape index (κ2) is 6.65. The Bertz CT molecular complexity index is 967. The smallest absolute Gasteiger partial charge is 0.407 e. The van der Waals surface area contributed by atoms with Crippen LogP contribution in [-0.2, 0) is 12.8 Å². The second-order valence-corrected chi connectivity index (χ2v) is 7.18. The predicted molar refractivity (Wildman–Crippen MR) is 101 cm³/mol. The quantitative estimate of drug-likeness (QED) is 0.742. The van der Waals surface area contributed by atoms with Crippen molar-refractivity contribution >= 4 is 23.3 Å². The van der Waals surface area contributed by atoms with Crippen LogP contribution in [0.2, 0.25) is 5.02 Å². The Balaban J connectivity index is 1.90. The highest BCUT2D eigenvalue weighted by molar-refractivity contribution is 6.30. The van der Waals surface area contributed by atoms with Crippen LogP contribution < -0.4 is 5.43 Å². The van der Waals surface area contributed by atoms with E-state index in [1.807, 2.05) is 18.2 Å². The van der Waals surface area contributed by atoms with Crippen LogP contribution in [-0.4, -0.2) is 34.2 Å². The molecule has 1 aromatic heterocycles. The van der Waals surface area contributed by atoms with Crippen molar-refractivity contribution < 1.29 is 9.90 Å². The van der Waals surface area contributed by atoms with Crippen LogP contribution in [0.15, 0.2) is 40.8 Å². The maximum absolute atomic E-state index is 12.4. The number of hydrogen-bond donors (Lipinski definition) is 2. The van der Waals surface area contributed by atoms with E-state index in [1.54, 1.807) is 12.3 Å². The molecule has 4 rings (SSSR count). The molecule has 1 amide bonds. The molecule has 1 fully saturated rings. The van der Waals surface area contributed by atoms with Crippen molar-refractivity contribution in [1.29, 1.82) is 0 Å². The first kappa shape index (κ1) is 16.9. The van der Waals surface area contributed by atoms with E-state index in [9.17, 15) is 14.7 Å². The van der Waals surface area contributed by atoms with Crippen molar-refractivity contribution in [1.82, 2.24) is 9.88 Å². The van der Waals surface area contributed by atoms with Crippen LogP contribution in [0.25, 0.3) is 5.57 Å². The third kappa shape index (κ3) is 2.92. The molecule has 26 heavy (non-hydrogen) atoms. The summed E-state index contributed by atoms with van der Waals surface area (Å²) in [6.07, 6.45) is 3.57. The third-order valence-electron chi connectivity index (χ3n) is 5.28. The highest BCUT2D eigenvalue weighted by atomic mass is 35.5. The lowest BCUT2D eigenvalue weighted by Crippen LogP contribution is -2.35. The molecule has 1 aliphatic heterocycles. The molecule has 2 N–H and O–H groups in total. The number of amides is 1. The zero-order valence-corrected chi connectivity index (χ0v) is 15.0. The molecule has 1 aliphatic carbocycles. The average molecular weight is 371 g/mol. The molecular weight excluding hydrogens is 352 g/mol. The molecule has 1 saturated heterocycles. The maximum atomic E-state index is 12.4. The number of hydrogen-bond acceptors (Lipinski definition) is 2. The summed E-state index contributed by atoms with van der Waals surface area (Å²) in [6.45, 7) is 0.951. The van der Waals surface area contributed by atoms with Gasteiger partial charge in [0.05, 0.1) is 5.69 Å². The SMILES string of the molecule is O=C(O)N1CCC(=C2c3ccc(Cl)cc3CCc3c2[nH]ccc3=O)CC1. The molecule has 5 nitrogen and oxygen atoms in total. The molecular formula is C20H19ClN2O3. The number of aromatic amines is 1. The van der Waals surface area contributed by atoms with E-state index < -0.39 is 6.09 Å². The van der Waals surface area contributed by atoms with Crippen molar-refractivity contribution in [2.24, 2.45) is 0 Å². The van der Waals surface area contributed by atoms with Crippen molar-refractivity contribution in [2.45, 2.75) is 25.7 Å². The van der Waals surface area contributed by atoms with Crippen LogP contribution in [0, 0.1) is 0 Å². The number of halogens is 1. The number of H-pyrrole nitrogens is 1. The molecule has 2 aliphatic rings. The fourth-order valence-electron chi connectivity index (χ4n) is 3.98. The van der Waals surface area contributed by atoms with Gasteiger partial charge < -0.3 is 15.0 Å². The maximum Gasteiger partial charge on any atom is 0.407 e. The van der Waals surface area contributed by atoms with Gasteiger partial charge in [0, 0.05) is 41.5 Å². The highest BCUT2D eigenvalue weighted by Gasteiger charge is 2.26. The Morgan fingerprint density at radius 2 is 1.88 bits per heavy atom. The molecule has 6 heteroatoms.